The monoisotopic (exact) mass is 432 g/mol. The van der Waals surface area contributed by atoms with Crippen LogP contribution in [0, 0.1) is 0 Å². The van der Waals surface area contributed by atoms with Crippen LogP contribution in [0.3, 0.4) is 0 Å². The third-order valence-electron chi connectivity index (χ3n) is 5.61. The molecule has 4 nitrogen and oxygen atoms in total. The molecular weight excluding hydrogens is 405 g/mol. The number of amides is 2. The van der Waals surface area contributed by atoms with Crippen molar-refractivity contribution in [2.75, 3.05) is 13.1 Å². The largest absolute Gasteiger partial charge is 0.416 e. The molecular formula is C24H27F3N2O2. The highest BCUT2D eigenvalue weighted by Gasteiger charge is 2.30. The summed E-state index contributed by atoms with van der Waals surface area (Å²) in [5, 5.41) is 2.84. The molecule has 0 aromatic heterocycles. The van der Waals surface area contributed by atoms with E-state index >= 15 is 0 Å². The third-order valence-corrected chi connectivity index (χ3v) is 5.61. The number of halogens is 3. The highest BCUT2D eigenvalue weighted by Crippen LogP contribution is 2.30. The SMILES string of the molecule is CC(CC(=O)NCc1cccc(C(=O)N2CCCCC2)c1)c1ccc(C(F)(F)F)cc1. The highest BCUT2D eigenvalue weighted by molar-refractivity contribution is 5.94. The summed E-state index contributed by atoms with van der Waals surface area (Å²) in [5.74, 6) is -0.391. The number of nitrogens with zero attached hydrogens (tertiary/aromatic N) is 1. The van der Waals surface area contributed by atoms with Gasteiger partial charge in [-0.3, -0.25) is 9.59 Å². The number of nitrogens with one attached hydrogen (secondary N) is 1. The molecule has 1 saturated heterocycles. The Balaban J connectivity index is 1.53. The minimum atomic E-state index is -4.37. The van der Waals surface area contributed by atoms with Gasteiger partial charge in [-0.25, -0.2) is 0 Å². The first-order valence-electron chi connectivity index (χ1n) is 10.6. The molecule has 2 amide bonds. The van der Waals surface area contributed by atoms with Crippen LogP contribution in [0.25, 0.3) is 0 Å². The number of benzene rings is 2. The Hall–Kier alpha value is -2.83. The molecule has 2 aromatic rings. The molecule has 0 aliphatic carbocycles. The topological polar surface area (TPSA) is 49.4 Å². The van der Waals surface area contributed by atoms with Crippen LogP contribution >= 0.6 is 0 Å². The second kappa shape index (κ2) is 9.98. The van der Waals surface area contributed by atoms with Gasteiger partial charge in [-0.05, 0) is 60.6 Å². The smallest absolute Gasteiger partial charge is 0.352 e. The van der Waals surface area contributed by atoms with Gasteiger partial charge in [0.15, 0.2) is 0 Å². The first-order valence-corrected chi connectivity index (χ1v) is 10.6. The standard InChI is InChI=1S/C24H27F3N2O2/c1-17(19-8-10-21(11-9-19)24(25,26)27)14-22(30)28-16-18-6-5-7-20(15-18)23(31)29-12-3-2-4-13-29/h5-11,15,17H,2-4,12-14,16H2,1H3,(H,28,30). The van der Waals surface area contributed by atoms with E-state index < -0.39 is 11.7 Å². The Kier molecular flexibility index (Phi) is 7.36. The predicted molar refractivity (Wildman–Crippen MR) is 113 cm³/mol. The lowest BCUT2D eigenvalue weighted by molar-refractivity contribution is -0.137. The zero-order valence-electron chi connectivity index (χ0n) is 17.5. The van der Waals surface area contributed by atoms with Crippen LogP contribution in [0.4, 0.5) is 13.2 Å². The summed E-state index contributed by atoms with van der Waals surface area (Å²) in [6.45, 7) is 3.66. The van der Waals surface area contributed by atoms with Crippen LogP contribution in [0.15, 0.2) is 48.5 Å². The molecule has 2 aromatic carbocycles. The van der Waals surface area contributed by atoms with Crippen molar-refractivity contribution in [1.29, 1.82) is 0 Å². The summed E-state index contributed by atoms with van der Waals surface area (Å²) in [5.41, 5.74) is 1.43. The lowest BCUT2D eigenvalue weighted by Gasteiger charge is -2.26. The van der Waals surface area contributed by atoms with Gasteiger partial charge in [0, 0.05) is 31.6 Å². The highest BCUT2D eigenvalue weighted by atomic mass is 19.4. The van der Waals surface area contributed by atoms with Crippen molar-refractivity contribution in [3.8, 4) is 0 Å². The summed E-state index contributed by atoms with van der Waals surface area (Å²) in [4.78, 5) is 26.8. The summed E-state index contributed by atoms with van der Waals surface area (Å²) < 4.78 is 38.1. The average molecular weight is 432 g/mol. The maximum absolute atomic E-state index is 12.7. The fraction of sp³-hybridized carbons (Fsp3) is 0.417. The number of hydrogen-bond acceptors (Lipinski definition) is 2. The predicted octanol–water partition coefficient (Wildman–Crippen LogP) is 5.14. The second-order valence-electron chi connectivity index (χ2n) is 8.05. The van der Waals surface area contributed by atoms with Gasteiger partial charge in [0.05, 0.1) is 5.56 Å². The van der Waals surface area contributed by atoms with Crippen molar-refractivity contribution in [1.82, 2.24) is 10.2 Å². The Bertz CT molecular complexity index is 904. The molecule has 166 valence electrons. The van der Waals surface area contributed by atoms with E-state index in [0.717, 1.165) is 50.0 Å². The molecule has 1 atom stereocenters. The number of carbonyl (C=O) groups excluding carboxylic acids is 2. The van der Waals surface area contributed by atoms with E-state index in [1.54, 1.807) is 19.1 Å². The number of alkyl halides is 3. The number of hydrogen-bond donors (Lipinski definition) is 1. The summed E-state index contributed by atoms with van der Waals surface area (Å²) in [7, 11) is 0. The van der Waals surface area contributed by atoms with Gasteiger partial charge in [-0.1, -0.05) is 31.2 Å². The molecule has 1 aliphatic rings. The van der Waals surface area contributed by atoms with Crippen molar-refractivity contribution in [2.45, 2.75) is 51.2 Å². The summed E-state index contributed by atoms with van der Waals surface area (Å²) in [6.07, 6.45) is -1.00. The zero-order valence-corrected chi connectivity index (χ0v) is 17.5. The average Bonchev–Trinajstić information content (AvgIpc) is 2.77. The molecule has 0 saturated carbocycles. The van der Waals surface area contributed by atoms with E-state index in [0.29, 0.717) is 17.7 Å². The molecule has 1 aliphatic heterocycles. The van der Waals surface area contributed by atoms with Crippen LogP contribution in [-0.4, -0.2) is 29.8 Å². The van der Waals surface area contributed by atoms with Gasteiger partial charge >= 0.3 is 6.18 Å². The van der Waals surface area contributed by atoms with E-state index in [9.17, 15) is 22.8 Å². The van der Waals surface area contributed by atoms with Gasteiger partial charge in [0.2, 0.25) is 5.91 Å². The normalized spacial score (nSPS) is 15.4. The number of rotatable bonds is 6. The van der Waals surface area contributed by atoms with E-state index in [1.165, 1.54) is 12.1 Å². The van der Waals surface area contributed by atoms with Gasteiger partial charge in [0.1, 0.15) is 0 Å². The van der Waals surface area contributed by atoms with Crippen molar-refractivity contribution in [2.24, 2.45) is 0 Å². The van der Waals surface area contributed by atoms with Crippen LogP contribution in [-0.2, 0) is 17.5 Å². The summed E-state index contributed by atoms with van der Waals surface area (Å²) in [6, 6.07) is 12.2. The van der Waals surface area contributed by atoms with Crippen molar-refractivity contribution in [3.63, 3.8) is 0 Å². The lowest BCUT2D eigenvalue weighted by atomic mass is 9.96. The number of likely N-dealkylation sites (tertiary alicyclic amines) is 1. The Morgan fingerprint density at radius 3 is 2.35 bits per heavy atom. The minimum Gasteiger partial charge on any atom is -0.352 e. The number of piperidine rings is 1. The van der Waals surface area contributed by atoms with E-state index in [-0.39, 0.29) is 24.2 Å². The Morgan fingerprint density at radius 1 is 1.03 bits per heavy atom. The molecule has 1 unspecified atom stereocenters. The maximum atomic E-state index is 12.7. The molecule has 0 bridgehead atoms. The van der Waals surface area contributed by atoms with Crippen molar-refractivity contribution >= 4 is 11.8 Å². The van der Waals surface area contributed by atoms with Crippen molar-refractivity contribution < 1.29 is 22.8 Å². The fourth-order valence-corrected chi connectivity index (χ4v) is 3.76. The molecule has 0 radical (unpaired) electrons. The molecule has 1 fully saturated rings. The first-order chi connectivity index (χ1) is 14.7. The third kappa shape index (κ3) is 6.32. The molecule has 7 heteroatoms. The van der Waals surface area contributed by atoms with E-state index in [1.807, 2.05) is 17.0 Å². The van der Waals surface area contributed by atoms with Gasteiger partial charge in [-0.15, -0.1) is 0 Å². The van der Waals surface area contributed by atoms with Gasteiger partial charge in [-0.2, -0.15) is 13.2 Å². The minimum absolute atomic E-state index is 0.0174. The van der Waals surface area contributed by atoms with Crippen LogP contribution in [0.1, 0.15) is 65.6 Å². The summed E-state index contributed by atoms with van der Waals surface area (Å²) >= 11 is 0. The molecule has 3 rings (SSSR count). The van der Waals surface area contributed by atoms with E-state index in [4.69, 9.17) is 0 Å². The molecule has 1 heterocycles. The van der Waals surface area contributed by atoms with Crippen LogP contribution in [0.2, 0.25) is 0 Å². The molecule has 31 heavy (non-hydrogen) atoms. The van der Waals surface area contributed by atoms with Crippen LogP contribution in [0.5, 0.6) is 0 Å². The first kappa shape index (κ1) is 22.8. The lowest BCUT2D eigenvalue weighted by Crippen LogP contribution is -2.35. The van der Waals surface area contributed by atoms with Crippen molar-refractivity contribution in [3.05, 3.63) is 70.8 Å². The van der Waals surface area contributed by atoms with Gasteiger partial charge < -0.3 is 10.2 Å². The molecule has 1 N–H and O–H groups in total. The Morgan fingerprint density at radius 2 is 1.71 bits per heavy atom. The number of carbonyl (C=O) groups is 2. The quantitative estimate of drug-likeness (QED) is 0.687. The second-order valence-corrected chi connectivity index (χ2v) is 8.05. The van der Waals surface area contributed by atoms with Gasteiger partial charge in [0.25, 0.3) is 5.91 Å². The molecule has 0 spiro atoms. The van der Waals surface area contributed by atoms with E-state index in [2.05, 4.69) is 5.32 Å². The van der Waals surface area contributed by atoms with Crippen LogP contribution < -0.4 is 5.32 Å². The zero-order chi connectivity index (χ0) is 22.4. The maximum Gasteiger partial charge on any atom is 0.416 e. The fourth-order valence-electron chi connectivity index (χ4n) is 3.76. The Labute approximate surface area is 180 Å².